The Labute approximate surface area is 203 Å². The van der Waals surface area contributed by atoms with Gasteiger partial charge in [-0.05, 0) is 73.9 Å². The molecule has 2 aromatic carbocycles. The third kappa shape index (κ3) is 4.55. The maximum Gasteiger partial charge on any atom is 0.223 e. The van der Waals surface area contributed by atoms with Gasteiger partial charge in [0.05, 0.1) is 14.2 Å². The first-order valence-electron chi connectivity index (χ1n) is 12.8. The van der Waals surface area contributed by atoms with E-state index < -0.39 is 0 Å². The minimum absolute atomic E-state index is 0.127. The van der Waals surface area contributed by atoms with Gasteiger partial charge in [0, 0.05) is 24.4 Å². The molecule has 0 bridgehead atoms. The van der Waals surface area contributed by atoms with Crippen LogP contribution in [0.4, 0.5) is 0 Å². The molecule has 0 aromatic heterocycles. The van der Waals surface area contributed by atoms with Gasteiger partial charge in [-0.2, -0.15) is 0 Å². The van der Waals surface area contributed by atoms with Crippen LogP contribution in [0.5, 0.6) is 11.5 Å². The van der Waals surface area contributed by atoms with Gasteiger partial charge in [-0.1, -0.05) is 49.2 Å². The zero-order valence-corrected chi connectivity index (χ0v) is 20.6. The van der Waals surface area contributed by atoms with Crippen LogP contribution < -0.4 is 14.8 Å². The van der Waals surface area contributed by atoms with Gasteiger partial charge < -0.3 is 14.8 Å². The van der Waals surface area contributed by atoms with Crippen LogP contribution in [0.15, 0.2) is 48.5 Å². The van der Waals surface area contributed by atoms with Crippen LogP contribution >= 0.6 is 0 Å². The Balaban J connectivity index is 1.13. The number of rotatable bonds is 8. The first kappa shape index (κ1) is 23.2. The second-order valence-electron chi connectivity index (χ2n) is 10.7. The Morgan fingerprint density at radius 2 is 1.68 bits per heavy atom. The molecule has 0 unspecified atom stereocenters. The van der Waals surface area contributed by atoms with Crippen LogP contribution in [0.3, 0.4) is 0 Å². The number of ether oxygens (including phenoxy) is 2. The van der Waals surface area contributed by atoms with Crippen LogP contribution in [-0.4, -0.2) is 44.7 Å². The maximum atomic E-state index is 13.2. The van der Waals surface area contributed by atoms with Gasteiger partial charge in [-0.3, -0.25) is 9.69 Å². The molecule has 1 N–H and O–H groups in total. The zero-order chi connectivity index (χ0) is 23.6. The first-order chi connectivity index (χ1) is 16.6. The van der Waals surface area contributed by atoms with Gasteiger partial charge in [0.25, 0.3) is 0 Å². The zero-order valence-electron chi connectivity index (χ0n) is 20.6. The average Bonchev–Trinajstić information content (AvgIpc) is 3.36. The number of amides is 1. The van der Waals surface area contributed by atoms with Crippen LogP contribution in [0.2, 0.25) is 0 Å². The molecule has 1 spiro atoms. The third-order valence-electron chi connectivity index (χ3n) is 8.76. The molecule has 34 heavy (non-hydrogen) atoms. The summed E-state index contributed by atoms with van der Waals surface area (Å²) in [5, 5.41) is 3.39. The lowest BCUT2D eigenvalue weighted by atomic mass is 9.78. The highest BCUT2D eigenvalue weighted by Gasteiger charge is 2.58. The van der Waals surface area contributed by atoms with Gasteiger partial charge in [0.15, 0.2) is 11.5 Å². The molecular weight excluding hydrogens is 424 g/mol. The topological polar surface area (TPSA) is 50.8 Å². The van der Waals surface area contributed by atoms with Crippen molar-refractivity contribution in [2.75, 3.05) is 33.9 Å². The summed E-state index contributed by atoms with van der Waals surface area (Å²) in [5.74, 6) is 2.03. The molecule has 2 aromatic rings. The minimum Gasteiger partial charge on any atom is -0.493 e. The SMILES string of the molecule is COc1ccc(CN2CCC3(CC2)C[C@H]3C(=O)NCC2(c3ccccc3)CCCC2)cc1OC. The van der Waals surface area contributed by atoms with E-state index in [-0.39, 0.29) is 22.7 Å². The van der Waals surface area contributed by atoms with Crippen LogP contribution in [0.25, 0.3) is 0 Å². The molecule has 3 aliphatic rings. The van der Waals surface area contributed by atoms with Crippen molar-refractivity contribution in [2.24, 2.45) is 11.3 Å². The smallest absolute Gasteiger partial charge is 0.223 e. The molecule has 3 fully saturated rings. The summed E-state index contributed by atoms with van der Waals surface area (Å²) in [6.07, 6.45) is 8.16. The van der Waals surface area contributed by atoms with E-state index in [2.05, 4.69) is 52.7 Å². The highest BCUT2D eigenvalue weighted by Crippen LogP contribution is 2.59. The fourth-order valence-electron chi connectivity index (χ4n) is 6.46. The molecule has 1 amide bonds. The van der Waals surface area contributed by atoms with Crippen molar-refractivity contribution >= 4 is 5.91 Å². The molecule has 1 aliphatic heterocycles. The van der Waals surface area contributed by atoms with E-state index in [1.807, 2.05) is 6.07 Å². The minimum atomic E-state index is 0.127. The number of carbonyl (C=O) groups excluding carboxylic acids is 1. The fraction of sp³-hybridized carbons (Fsp3) is 0.552. The normalized spacial score (nSPS) is 22.9. The maximum absolute atomic E-state index is 13.2. The van der Waals surface area contributed by atoms with Gasteiger partial charge in [0.2, 0.25) is 5.91 Å². The van der Waals surface area contributed by atoms with Crippen molar-refractivity contribution in [1.82, 2.24) is 10.2 Å². The van der Waals surface area contributed by atoms with Gasteiger partial charge >= 0.3 is 0 Å². The van der Waals surface area contributed by atoms with E-state index in [0.29, 0.717) is 0 Å². The van der Waals surface area contributed by atoms with Crippen molar-refractivity contribution in [3.8, 4) is 11.5 Å². The average molecular weight is 463 g/mol. The summed E-state index contributed by atoms with van der Waals surface area (Å²) in [6.45, 7) is 3.79. The molecular formula is C29H38N2O3. The summed E-state index contributed by atoms with van der Waals surface area (Å²) in [7, 11) is 3.35. The van der Waals surface area contributed by atoms with Crippen LogP contribution in [0, 0.1) is 11.3 Å². The lowest BCUT2D eigenvalue weighted by Gasteiger charge is -2.33. The largest absolute Gasteiger partial charge is 0.493 e. The second-order valence-corrected chi connectivity index (χ2v) is 10.7. The molecule has 1 heterocycles. The molecule has 0 radical (unpaired) electrons. The van der Waals surface area contributed by atoms with Crippen molar-refractivity contribution in [2.45, 2.75) is 56.9 Å². The molecule has 5 rings (SSSR count). The highest BCUT2D eigenvalue weighted by atomic mass is 16.5. The second kappa shape index (κ2) is 9.61. The first-order valence-corrected chi connectivity index (χ1v) is 12.8. The monoisotopic (exact) mass is 462 g/mol. The molecule has 2 saturated carbocycles. The summed E-state index contributed by atoms with van der Waals surface area (Å²) in [6, 6.07) is 17.0. The number of nitrogens with zero attached hydrogens (tertiary/aromatic N) is 1. The number of hydrogen-bond acceptors (Lipinski definition) is 4. The lowest BCUT2D eigenvalue weighted by Crippen LogP contribution is -2.41. The Morgan fingerprint density at radius 1 is 0.971 bits per heavy atom. The van der Waals surface area contributed by atoms with Crippen LogP contribution in [-0.2, 0) is 16.8 Å². The number of hydrogen-bond donors (Lipinski definition) is 1. The lowest BCUT2D eigenvalue weighted by molar-refractivity contribution is -0.123. The standard InChI is InChI=1S/C29H38N2O3/c1-33-25-11-10-22(18-26(25)34-2)20-31-16-14-28(15-17-31)19-24(28)27(32)30-21-29(12-6-7-13-29)23-8-4-3-5-9-23/h3-5,8-11,18,24H,6-7,12-17,19-21H2,1-2H3,(H,30,32)/t24-/m0/s1. The Kier molecular flexibility index (Phi) is 6.57. The molecule has 1 saturated heterocycles. The summed E-state index contributed by atoms with van der Waals surface area (Å²) in [4.78, 5) is 15.7. The van der Waals surface area contributed by atoms with E-state index in [4.69, 9.17) is 9.47 Å². The molecule has 2 aliphatic carbocycles. The summed E-state index contributed by atoms with van der Waals surface area (Å²) >= 11 is 0. The van der Waals surface area contributed by atoms with E-state index in [1.54, 1.807) is 14.2 Å². The number of nitrogens with one attached hydrogen (secondary N) is 1. The van der Waals surface area contributed by atoms with Crippen molar-refractivity contribution < 1.29 is 14.3 Å². The predicted molar refractivity (Wildman–Crippen MR) is 134 cm³/mol. The highest BCUT2D eigenvalue weighted by molar-refractivity contribution is 5.82. The fourth-order valence-corrected chi connectivity index (χ4v) is 6.46. The van der Waals surface area contributed by atoms with Crippen molar-refractivity contribution in [3.05, 3.63) is 59.7 Å². The van der Waals surface area contributed by atoms with Gasteiger partial charge in [0.1, 0.15) is 0 Å². The Morgan fingerprint density at radius 3 is 2.35 bits per heavy atom. The number of methoxy groups -OCH3 is 2. The molecule has 1 atom stereocenters. The number of likely N-dealkylation sites (tertiary alicyclic amines) is 1. The van der Waals surface area contributed by atoms with E-state index in [9.17, 15) is 4.79 Å². The number of carbonyl (C=O) groups is 1. The third-order valence-corrected chi connectivity index (χ3v) is 8.76. The predicted octanol–water partition coefficient (Wildman–Crippen LogP) is 4.93. The Bertz CT molecular complexity index is 992. The van der Waals surface area contributed by atoms with Crippen molar-refractivity contribution in [1.29, 1.82) is 0 Å². The number of piperidine rings is 1. The van der Waals surface area contributed by atoms with Crippen LogP contribution in [0.1, 0.15) is 56.1 Å². The quantitative estimate of drug-likeness (QED) is 0.604. The molecule has 5 heteroatoms. The Hall–Kier alpha value is -2.53. The van der Waals surface area contributed by atoms with E-state index in [1.165, 1.54) is 36.8 Å². The summed E-state index contributed by atoms with van der Waals surface area (Å²) in [5.41, 5.74) is 2.98. The summed E-state index contributed by atoms with van der Waals surface area (Å²) < 4.78 is 10.8. The van der Waals surface area contributed by atoms with E-state index >= 15 is 0 Å². The van der Waals surface area contributed by atoms with Crippen molar-refractivity contribution in [3.63, 3.8) is 0 Å². The van der Waals surface area contributed by atoms with E-state index in [0.717, 1.165) is 56.9 Å². The van der Waals surface area contributed by atoms with Gasteiger partial charge in [-0.15, -0.1) is 0 Å². The molecule has 182 valence electrons. The number of benzene rings is 2. The van der Waals surface area contributed by atoms with Gasteiger partial charge in [-0.25, -0.2) is 0 Å². The molecule has 5 nitrogen and oxygen atoms in total.